The Bertz CT molecular complexity index is 470. The van der Waals surface area contributed by atoms with Gasteiger partial charge in [-0.3, -0.25) is 0 Å². The zero-order valence-corrected chi connectivity index (χ0v) is 13.8. The first-order chi connectivity index (χ1) is 10.1. The summed E-state index contributed by atoms with van der Waals surface area (Å²) in [7, 11) is 0. The summed E-state index contributed by atoms with van der Waals surface area (Å²) < 4.78 is 5.46. The van der Waals surface area contributed by atoms with Crippen LogP contribution in [0.15, 0.2) is 0 Å². The number of hydrogen-bond acceptors (Lipinski definition) is 5. The highest BCUT2D eigenvalue weighted by Crippen LogP contribution is 2.30. The summed E-state index contributed by atoms with van der Waals surface area (Å²) in [6.07, 6.45) is 3.05. The monoisotopic (exact) mass is 292 g/mol. The van der Waals surface area contributed by atoms with Crippen LogP contribution in [-0.2, 0) is 11.2 Å². The van der Waals surface area contributed by atoms with E-state index in [2.05, 4.69) is 48.3 Å². The van der Waals surface area contributed by atoms with Gasteiger partial charge in [0.2, 0.25) is 0 Å². The van der Waals surface area contributed by atoms with Gasteiger partial charge in [0.25, 0.3) is 0 Å². The molecule has 0 aliphatic carbocycles. The van der Waals surface area contributed by atoms with Gasteiger partial charge in [-0.25, -0.2) is 9.97 Å². The van der Waals surface area contributed by atoms with Crippen molar-refractivity contribution in [2.75, 3.05) is 36.9 Å². The van der Waals surface area contributed by atoms with E-state index in [1.165, 1.54) is 0 Å². The largest absolute Gasteiger partial charge is 0.381 e. The lowest BCUT2D eigenvalue weighted by Gasteiger charge is -2.34. The Balaban J connectivity index is 2.12. The van der Waals surface area contributed by atoms with E-state index in [-0.39, 0.29) is 0 Å². The minimum absolute atomic E-state index is 0.292. The van der Waals surface area contributed by atoms with Crippen LogP contribution in [0.2, 0.25) is 0 Å². The zero-order chi connectivity index (χ0) is 15.3. The number of hydrogen-bond donors (Lipinski definition) is 2. The Kier molecular flexibility index (Phi) is 5.39. The van der Waals surface area contributed by atoms with Crippen molar-refractivity contribution < 1.29 is 4.74 Å². The number of anilines is 2. The summed E-state index contributed by atoms with van der Waals surface area (Å²) in [5.74, 6) is 2.80. The molecule has 0 spiro atoms. The Morgan fingerprint density at radius 1 is 1.10 bits per heavy atom. The van der Waals surface area contributed by atoms with Gasteiger partial charge in [-0.1, -0.05) is 13.8 Å². The van der Waals surface area contributed by atoms with Gasteiger partial charge in [0, 0.05) is 38.3 Å². The van der Waals surface area contributed by atoms with Gasteiger partial charge in [0.15, 0.2) is 0 Å². The molecule has 0 amide bonds. The summed E-state index contributed by atoms with van der Waals surface area (Å²) in [5.41, 5.74) is 1.39. The summed E-state index contributed by atoms with van der Waals surface area (Å²) in [6, 6.07) is 0. The van der Waals surface area contributed by atoms with Crippen LogP contribution in [0.1, 0.15) is 45.0 Å². The van der Waals surface area contributed by atoms with Gasteiger partial charge in [-0.15, -0.1) is 0 Å². The van der Waals surface area contributed by atoms with Crippen molar-refractivity contribution in [1.82, 2.24) is 9.97 Å². The van der Waals surface area contributed by atoms with Crippen LogP contribution in [0, 0.1) is 12.3 Å². The quantitative estimate of drug-likeness (QED) is 0.844. The molecule has 2 rings (SSSR count). The average Bonchev–Trinajstić information content (AvgIpc) is 2.49. The first-order valence-electron chi connectivity index (χ1n) is 8.01. The van der Waals surface area contributed by atoms with Gasteiger partial charge in [-0.2, -0.15) is 0 Å². The van der Waals surface area contributed by atoms with Crippen molar-refractivity contribution in [2.45, 2.75) is 47.0 Å². The molecular weight excluding hydrogens is 264 g/mol. The second kappa shape index (κ2) is 7.07. The van der Waals surface area contributed by atoms with Crippen LogP contribution in [0.5, 0.6) is 0 Å². The molecule has 21 heavy (non-hydrogen) atoms. The van der Waals surface area contributed by atoms with Crippen LogP contribution in [0.4, 0.5) is 11.6 Å². The van der Waals surface area contributed by atoms with E-state index in [0.29, 0.717) is 5.41 Å². The summed E-state index contributed by atoms with van der Waals surface area (Å²) in [4.78, 5) is 9.23. The van der Waals surface area contributed by atoms with Gasteiger partial charge < -0.3 is 15.4 Å². The van der Waals surface area contributed by atoms with Crippen LogP contribution in [0.3, 0.4) is 0 Å². The van der Waals surface area contributed by atoms with Crippen molar-refractivity contribution in [3.63, 3.8) is 0 Å². The lowest BCUT2D eigenvalue weighted by atomic mass is 9.82. The maximum absolute atomic E-state index is 5.46. The highest BCUT2D eigenvalue weighted by molar-refractivity contribution is 5.57. The first kappa shape index (κ1) is 16.0. The molecule has 1 saturated heterocycles. The number of rotatable bonds is 6. The Hall–Kier alpha value is -1.36. The standard InChI is InChI=1S/C16H28N4O/c1-5-13-19-14(17-6-2)12(3)15(20-13)18-11-16(4)7-9-21-10-8-16/h5-11H2,1-4H3,(H2,17,18,19,20). The second-order valence-corrected chi connectivity index (χ2v) is 6.12. The normalized spacial score (nSPS) is 17.5. The van der Waals surface area contributed by atoms with Crippen LogP contribution in [-0.4, -0.2) is 36.3 Å². The molecule has 5 heteroatoms. The van der Waals surface area contributed by atoms with E-state index in [1.54, 1.807) is 0 Å². The Morgan fingerprint density at radius 2 is 1.71 bits per heavy atom. The van der Waals surface area contributed by atoms with Crippen LogP contribution >= 0.6 is 0 Å². The van der Waals surface area contributed by atoms with Gasteiger partial charge in [0.1, 0.15) is 17.5 Å². The van der Waals surface area contributed by atoms with Crippen LogP contribution < -0.4 is 10.6 Å². The van der Waals surface area contributed by atoms with Gasteiger partial charge in [-0.05, 0) is 32.1 Å². The fourth-order valence-electron chi connectivity index (χ4n) is 2.57. The molecule has 2 N–H and O–H groups in total. The minimum atomic E-state index is 0.292. The SMILES string of the molecule is CCNc1nc(CC)nc(NCC2(C)CCOCC2)c1C. The molecule has 0 saturated carbocycles. The number of nitrogens with one attached hydrogen (secondary N) is 2. The molecular formula is C16H28N4O. The molecule has 1 aromatic rings. The fraction of sp³-hybridized carbons (Fsp3) is 0.750. The van der Waals surface area contributed by atoms with E-state index in [4.69, 9.17) is 4.74 Å². The molecule has 1 fully saturated rings. The summed E-state index contributed by atoms with van der Waals surface area (Å²) in [5, 5.41) is 6.88. The topological polar surface area (TPSA) is 59.1 Å². The van der Waals surface area contributed by atoms with Crippen molar-refractivity contribution in [3.05, 3.63) is 11.4 Å². The molecule has 1 aliphatic rings. The molecule has 0 radical (unpaired) electrons. The van der Waals surface area contributed by atoms with E-state index in [1.807, 2.05) is 0 Å². The molecule has 0 unspecified atom stereocenters. The Morgan fingerprint density at radius 3 is 2.29 bits per heavy atom. The lowest BCUT2D eigenvalue weighted by molar-refractivity contribution is 0.0299. The van der Waals surface area contributed by atoms with E-state index in [0.717, 1.165) is 68.6 Å². The number of aromatic nitrogens is 2. The molecule has 0 atom stereocenters. The van der Waals surface area contributed by atoms with Crippen molar-refractivity contribution >= 4 is 11.6 Å². The smallest absolute Gasteiger partial charge is 0.134 e. The van der Waals surface area contributed by atoms with Crippen LogP contribution in [0.25, 0.3) is 0 Å². The van der Waals surface area contributed by atoms with Crippen molar-refractivity contribution in [1.29, 1.82) is 0 Å². The zero-order valence-electron chi connectivity index (χ0n) is 13.8. The highest BCUT2D eigenvalue weighted by atomic mass is 16.5. The number of aryl methyl sites for hydroxylation is 1. The molecule has 1 aliphatic heterocycles. The third-order valence-electron chi connectivity index (χ3n) is 4.24. The molecule has 2 heterocycles. The lowest BCUT2D eigenvalue weighted by Crippen LogP contribution is -2.33. The van der Waals surface area contributed by atoms with Crippen molar-refractivity contribution in [3.8, 4) is 0 Å². The number of ether oxygens (including phenoxy) is 1. The second-order valence-electron chi connectivity index (χ2n) is 6.12. The Labute approximate surface area is 127 Å². The van der Waals surface area contributed by atoms with E-state index in [9.17, 15) is 0 Å². The third kappa shape index (κ3) is 4.06. The van der Waals surface area contributed by atoms with E-state index >= 15 is 0 Å². The first-order valence-corrected chi connectivity index (χ1v) is 8.01. The van der Waals surface area contributed by atoms with Gasteiger partial charge >= 0.3 is 0 Å². The fourth-order valence-corrected chi connectivity index (χ4v) is 2.57. The predicted molar refractivity (Wildman–Crippen MR) is 87.0 cm³/mol. The van der Waals surface area contributed by atoms with E-state index < -0.39 is 0 Å². The maximum Gasteiger partial charge on any atom is 0.134 e. The molecule has 1 aromatic heterocycles. The summed E-state index contributed by atoms with van der Waals surface area (Å²) in [6.45, 7) is 12.1. The molecule has 0 bridgehead atoms. The average molecular weight is 292 g/mol. The predicted octanol–water partition coefficient (Wildman–Crippen LogP) is 3.01. The highest BCUT2D eigenvalue weighted by Gasteiger charge is 2.27. The molecule has 0 aromatic carbocycles. The van der Waals surface area contributed by atoms with Crippen molar-refractivity contribution in [2.24, 2.45) is 5.41 Å². The molecule has 118 valence electrons. The minimum Gasteiger partial charge on any atom is -0.381 e. The maximum atomic E-state index is 5.46. The third-order valence-corrected chi connectivity index (χ3v) is 4.24. The number of nitrogens with zero attached hydrogens (tertiary/aromatic N) is 2. The molecule has 5 nitrogen and oxygen atoms in total. The summed E-state index contributed by atoms with van der Waals surface area (Å²) >= 11 is 0. The van der Waals surface area contributed by atoms with Gasteiger partial charge in [0.05, 0.1) is 0 Å².